The number of benzene rings is 2. The Balaban J connectivity index is 2.04. The van der Waals surface area contributed by atoms with Gasteiger partial charge in [0.2, 0.25) is 17.6 Å². The van der Waals surface area contributed by atoms with E-state index in [2.05, 4.69) is 15.4 Å². The lowest BCUT2D eigenvalue weighted by atomic mass is 9.91. The van der Waals surface area contributed by atoms with Crippen molar-refractivity contribution in [2.24, 2.45) is 29.2 Å². The van der Waals surface area contributed by atoms with Crippen molar-refractivity contribution in [1.82, 2.24) is 10.6 Å². The first-order valence-electron chi connectivity index (χ1n) is 18.3. The lowest BCUT2D eigenvalue weighted by Crippen LogP contribution is -2.51. The highest BCUT2D eigenvalue weighted by molar-refractivity contribution is 6.38. The Hall–Kier alpha value is -4.63. The molecule has 0 spiro atoms. The van der Waals surface area contributed by atoms with Gasteiger partial charge in [-0.05, 0) is 56.0 Å². The highest BCUT2D eigenvalue weighted by atomic mass is 35.5. The summed E-state index contributed by atoms with van der Waals surface area (Å²) in [4.78, 5) is 102. The molecule has 2 aromatic rings. The second-order valence-electron chi connectivity index (χ2n) is 13.7. The van der Waals surface area contributed by atoms with Gasteiger partial charge in [-0.3, -0.25) is 38.4 Å². The van der Waals surface area contributed by atoms with E-state index in [9.17, 15) is 43.5 Å². The minimum absolute atomic E-state index is 0.192. The molecule has 0 aromatic heterocycles. The summed E-state index contributed by atoms with van der Waals surface area (Å²) in [6, 6.07) is 11.6. The number of methoxy groups -OCH3 is 1. The summed E-state index contributed by atoms with van der Waals surface area (Å²) < 4.78 is 4.49. The van der Waals surface area contributed by atoms with Crippen LogP contribution in [0.15, 0.2) is 48.5 Å². The Labute approximate surface area is 326 Å². The van der Waals surface area contributed by atoms with Gasteiger partial charge >= 0.3 is 5.97 Å². The largest absolute Gasteiger partial charge is 0.469 e. The fourth-order valence-corrected chi connectivity index (χ4v) is 5.88. The molecule has 7 N–H and O–H groups in total. The molecular formula is C40H53ClN4O10. The van der Waals surface area contributed by atoms with E-state index in [0.29, 0.717) is 30.0 Å². The summed E-state index contributed by atoms with van der Waals surface area (Å²) in [5, 5.41) is 16.2. The summed E-state index contributed by atoms with van der Waals surface area (Å²) >= 11 is 5.97. The van der Waals surface area contributed by atoms with Gasteiger partial charge in [0.05, 0.1) is 31.6 Å². The molecule has 6 atom stereocenters. The lowest BCUT2D eigenvalue weighted by molar-refractivity contribution is -0.144. The van der Waals surface area contributed by atoms with Crippen molar-refractivity contribution in [3.63, 3.8) is 0 Å². The van der Waals surface area contributed by atoms with Gasteiger partial charge in [-0.15, -0.1) is 0 Å². The topological polar surface area (TPSA) is 242 Å². The Morgan fingerprint density at radius 1 is 0.745 bits per heavy atom. The SMILES string of the molecule is COC(=O)CCC(=O)C(=O)[C@H](C)CC(=O)[C@H](CCCCN)NC(=O)[C@H](C)CC(=O)[C@@H](NC(=O)[C@H](CN)CC(=O)c1ccc(-c2ccc(Cl)cc2)cc1)[C@@H](C)O. The average Bonchev–Trinajstić information content (AvgIpc) is 3.16. The van der Waals surface area contributed by atoms with E-state index in [1.807, 2.05) is 12.1 Å². The fraction of sp³-hybridized carbons (Fsp3) is 0.500. The normalized spacial score (nSPS) is 14.3. The molecule has 14 nitrogen and oxygen atoms in total. The van der Waals surface area contributed by atoms with Gasteiger partial charge in [0.15, 0.2) is 23.1 Å². The molecule has 55 heavy (non-hydrogen) atoms. The highest BCUT2D eigenvalue weighted by Gasteiger charge is 2.33. The zero-order valence-electron chi connectivity index (χ0n) is 31.8. The molecule has 0 radical (unpaired) electrons. The molecule has 0 aliphatic heterocycles. The number of unbranched alkanes of at least 4 members (excludes halogenated alkanes) is 1. The Morgan fingerprint density at radius 3 is 1.87 bits per heavy atom. The predicted octanol–water partition coefficient (Wildman–Crippen LogP) is 2.92. The van der Waals surface area contributed by atoms with Crippen LogP contribution in [0.1, 0.15) is 82.5 Å². The molecule has 2 aromatic carbocycles. The molecular weight excluding hydrogens is 732 g/mol. The first kappa shape index (κ1) is 46.5. The summed E-state index contributed by atoms with van der Waals surface area (Å²) in [6.07, 6.45) is -1.80. The Morgan fingerprint density at radius 2 is 1.33 bits per heavy atom. The first-order chi connectivity index (χ1) is 26.0. The van der Waals surface area contributed by atoms with E-state index in [1.165, 1.54) is 20.8 Å². The number of hydrogen-bond acceptors (Lipinski definition) is 12. The zero-order valence-corrected chi connectivity index (χ0v) is 32.6. The monoisotopic (exact) mass is 784 g/mol. The van der Waals surface area contributed by atoms with Crippen molar-refractivity contribution in [1.29, 1.82) is 0 Å². The summed E-state index contributed by atoms with van der Waals surface area (Å²) in [5.74, 6) is -8.20. The maximum Gasteiger partial charge on any atom is 0.305 e. The number of nitrogens with two attached hydrogens (primary N) is 2. The third-order valence-electron chi connectivity index (χ3n) is 9.22. The Kier molecular flexibility index (Phi) is 19.7. The molecule has 300 valence electrons. The van der Waals surface area contributed by atoms with Crippen LogP contribution in [0.5, 0.6) is 0 Å². The molecule has 15 heteroatoms. The molecule has 0 saturated heterocycles. The molecule has 0 bridgehead atoms. The van der Waals surface area contributed by atoms with E-state index in [4.69, 9.17) is 23.1 Å². The van der Waals surface area contributed by atoms with Crippen molar-refractivity contribution < 1.29 is 48.2 Å². The molecule has 0 unspecified atom stereocenters. The van der Waals surface area contributed by atoms with Gasteiger partial charge in [0.1, 0.15) is 6.04 Å². The number of carbonyl (C=O) groups excluding carboxylic acids is 8. The number of ketones is 5. The number of hydrogen-bond donors (Lipinski definition) is 5. The standard InChI is InChI=1S/C40H53ClN4O10/c1-23(38(52)32(47)16-17-36(51)55-4)19-34(49)31(7-5-6-18-42)44-39(53)24(2)20-35(50)37(25(3)46)45-40(54)29(22-43)21-33(48)28-10-8-26(9-11-28)27-12-14-30(41)15-13-27/h8-15,23-25,29,31,37,46H,5-7,16-22,42-43H2,1-4H3,(H,44,53)(H,45,54)/t23-,24-,25-,29+,31+,37+/m1/s1. The summed E-state index contributed by atoms with van der Waals surface area (Å²) in [6.45, 7) is 4.28. The molecule has 0 fully saturated rings. The van der Waals surface area contributed by atoms with Gasteiger partial charge in [-0.25, -0.2) is 0 Å². The second-order valence-corrected chi connectivity index (χ2v) is 14.2. The number of carbonyl (C=O) groups is 8. The lowest BCUT2D eigenvalue weighted by Gasteiger charge is -2.25. The van der Waals surface area contributed by atoms with Crippen LogP contribution in [0.3, 0.4) is 0 Å². The Bertz CT molecular complexity index is 1660. The van der Waals surface area contributed by atoms with Gasteiger partial charge in [-0.2, -0.15) is 0 Å². The minimum Gasteiger partial charge on any atom is -0.469 e. The second kappa shape index (κ2) is 23.3. The maximum absolute atomic E-state index is 13.3. The van der Waals surface area contributed by atoms with Crippen LogP contribution in [-0.2, 0) is 38.3 Å². The van der Waals surface area contributed by atoms with Gasteiger partial charge in [0, 0.05) is 54.6 Å². The van der Waals surface area contributed by atoms with Crippen molar-refractivity contribution in [3.8, 4) is 11.1 Å². The zero-order chi connectivity index (χ0) is 41.2. The van der Waals surface area contributed by atoms with E-state index in [1.54, 1.807) is 36.4 Å². The highest BCUT2D eigenvalue weighted by Crippen LogP contribution is 2.23. The van der Waals surface area contributed by atoms with Crippen LogP contribution in [-0.4, -0.2) is 90.2 Å². The van der Waals surface area contributed by atoms with E-state index in [-0.39, 0.29) is 44.4 Å². The molecule has 0 heterocycles. The van der Waals surface area contributed by atoms with E-state index in [0.717, 1.165) is 18.2 Å². The van der Waals surface area contributed by atoms with Crippen molar-refractivity contribution in [2.45, 2.75) is 90.3 Å². The van der Waals surface area contributed by atoms with Crippen LogP contribution in [0.2, 0.25) is 5.02 Å². The number of halogens is 1. The third kappa shape index (κ3) is 15.2. The van der Waals surface area contributed by atoms with Crippen LogP contribution >= 0.6 is 11.6 Å². The van der Waals surface area contributed by atoms with Crippen molar-refractivity contribution in [2.75, 3.05) is 20.2 Å². The maximum atomic E-state index is 13.3. The quantitative estimate of drug-likeness (QED) is 0.0423. The number of aliphatic hydroxyl groups excluding tert-OH is 1. The van der Waals surface area contributed by atoms with E-state index < -0.39 is 83.3 Å². The first-order valence-corrected chi connectivity index (χ1v) is 18.7. The van der Waals surface area contributed by atoms with Crippen LogP contribution in [0, 0.1) is 17.8 Å². The van der Waals surface area contributed by atoms with Crippen molar-refractivity contribution >= 4 is 58.3 Å². The number of ether oxygens (including phenoxy) is 1. The smallest absolute Gasteiger partial charge is 0.305 e. The van der Waals surface area contributed by atoms with Crippen LogP contribution in [0.25, 0.3) is 11.1 Å². The summed E-state index contributed by atoms with van der Waals surface area (Å²) in [7, 11) is 1.16. The van der Waals surface area contributed by atoms with Gasteiger partial charge in [-0.1, -0.05) is 61.8 Å². The van der Waals surface area contributed by atoms with Gasteiger partial charge < -0.3 is 31.9 Å². The molecule has 2 amide bonds. The fourth-order valence-electron chi connectivity index (χ4n) is 5.75. The van der Waals surface area contributed by atoms with Crippen LogP contribution in [0.4, 0.5) is 0 Å². The molecule has 0 saturated carbocycles. The average molecular weight is 785 g/mol. The predicted molar refractivity (Wildman–Crippen MR) is 206 cm³/mol. The van der Waals surface area contributed by atoms with E-state index >= 15 is 0 Å². The number of Topliss-reactive ketones (excluding diaryl/α,β-unsaturated/α-hetero) is 5. The number of esters is 1. The number of aliphatic hydroxyl groups is 1. The molecule has 2 rings (SSSR count). The molecule has 0 aliphatic carbocycles. The number of nitrogens with one attached hydrogen (secondary N) is 2. The van der Waals surface area contributed by atoms with Crippen molar-refractivity contribution in [3.05, 3.63) is 59.1 Å². The van der Waals surface area contributed by atoms with Crippen LogP contribution < -0.4 is 22.1 Å². The minimum atomic E-state index is -1.42. The molecule has 0 aliphatic rings. The summed E-state index contributed by atoms with van der Waals surface area (Å²) in [5.41, 5.74) is 13.6. The third-order valence-corrected chi connectivity index (χ3v) is 9.47. The van der Waals surface area contributed by atoms with Gasteiger partial charge in [0.25, 0.3) is 0 Å². The number of rotatable bonds is 25. The number of amides is 2.